The molecule has 2 N–H and O–H groups in total. The van der Waals surface area contributed by atoms with Crippen LogP contribution in [0.4, 0.5) is 5.69 Å². The highest BCUT2D eigenvalue weighted by molar-refractivity contribution is 6.03. The van der Waals surface area contributed by atoms with Crippen LogP contribution in [0.2, 0.25) is 0 Å². The highest BCUT2D eigenvalue weighted by Crippen LogP contribution is 2.10. The number of carbonyl (C=O) groups excluding carboxylic acids is 1. The minimum atomic E-state index is -0.502. The number of hydrogen-bond donors (Lipinski definition) is 2. The van der Waals surface area contributed by atoms with Gasteiger partial charge in [-0.15, -0.1) is 0 Å². The van der Waals surface area contributed by atoms with Crippen molar-refractivity contribution in [2.24, 2.45) is 0 Å². The van der Waals surface area contributed by atoms with Crippen molar-refractivity contribution in [1.82, 2.24) is 0 Å². The van der Waals surface area contributed by atoms with Crippen LogP contribution in [0.15, 0.2) is 51.9 Å². The Morgan fingerprint density at radius 1 is 1.19 bits per heavy atom. The molecule has 0 unspecified atom stereocenters. The molecule has 2 aromatic rings. The topological polar surface area (TPSA) is 79.5 Å². The van der Waals surface area contributed by atoms with E-state index in [-0.39, 0.29) is 18.1 Å². The molecule has 0 spiro atoms. The Labute approximate surface area is 121 Å². The smallest absolute Gasteiger partial charge is 0.335 e. The zero-order valence-electron chi connectivity index (χ0n) is 11.1. The fraction of sp³-hybridized carbons (Fsp3) is 0.125. The number of aliphatic hydroxyl groups excluding tert-OH is 1. The van der Waals surface area contributed by atoms with Crippen LogP contribution >= 0.6 is 0 Å². The van der Waals surface area contributed by atoms with Crippen molar-refractivity contribution < 1.29 is 14.3 Å². The fourth-order valence-electron chi connectivity index (χ4n) is 1.55. The number of rotatable bonds is 3. The number of benzene rings is 1. The third-order valence-electron chi connectivity index (χ3n) is 2.58. The summed E-state index contributed by atoms with van der Waals surface area (Å²) < 4.78 is 4.64. The number of anilines is 1. The predicted octanol–water partition coefficient (Wildman–Crippen LogP) is 1.63. The second-order valence-electron chi connectivity index (χ2n) is 4.15. The van der Waals surface area contributed by atoms with Crippen LogP contribution in [0.5, 0.6) is 0 Å². The van der Waals surface area contributed by atoms with E-state index in [1.165, 1.54) is 12.1 Å². The number of amides is 1. The molecule has 0 atom stereocenters. The van der Waals surface area contributed by atoms with Crippen molar-refractivity contribution >= 4 is 11.6 Å². The van der Waals surface area contributed by atoms with E-state index in [0.29, 0.717) is 12.1 Å². The first kappa shape index (κ1) is 14.6. The molecule has 21 heavy (non-hydrogen) atoms. The standard InChI is InChI=1S/C16H13NO4/c18-10-2-1-3-12-4-7-14(8-5-12)17-16(20)13-6-9-15(19)21-11-13/h4-9,11,18H,2,10H2,(H,17,20). The van der Waals surface area contributed by atoms with E-state index in [9.17, 15) is 9.59 Å². The van der Waals surface area contributed by atoms with E-state index in [1.54, 1.807) is 24.3 Å². The molecule has 0 radical (unpaired) electrons. The molecule has 106 valence electrons. The average Bonchev–Trinajstić information content (AvgIpc) is 2.50. The molecule has 0 aliphatic heterocycles. The molecule has 0 saturated carbocycles. The van der Waals surface area contributed by atoms with Crippen LogP contribution in [0.3, 0.4) is 0 Å². The quantitative estimate of drug-likeness (QED) is 0.839. The number of carbonyl (C=O) groups is 1. The van der Waals surface area contributed by atoms with E-state index < -0.39 is 5.63 Å². The van der Waals surface area contributed by atoms with Crippen LogP contribution in [0.25, 0.3) is 0 Å². The van der Waals surface area contributed by atoms with Gasteiger partial charge in [0, 0.05) is 23.7 Å². The molecular formula is C16H13NO4. The lowest BCUT2D eigenvalue weighted by Crippen LogP contribution is -2.12. The normalized spacial score (nSPS) is 9.57. The fourth-order valence-corrected chi connectivity index (χ4v) is 1.55. The Morgan fingerprint density at radius 3 is 2.57 bits per heavy atom. The summed E-state index contributed by atoms with van der Waals surface area (Å²) in [6, 6.07) is 9.57. The summed E-state index contributed by atoms with van der Waals surface area (Å²) in [5.74, 6) is 5.34. The summed E-state index contributed by atoms with van der Waals surface area (Å²) in [5, 5.41) is 11.3. The summed E-state index contributed by atoms with van der Waals surface area (Å²) >= 11 is 0. The first-order valence-corrected chi connectivity index (χ1v) is 6.29. The van der Waals surface area contributed by atoms with Crippen LogP contribution in [-0.4, -0.2) is 17.6 Å². The van der Waals surface area contributed by atoms with E-state index in [2.05, 4.69) is 21.6 Å². The van der Waals surface area contributed by atoms with Crippen LogP contribution in [0.1, 0.15) is 22.3 Å². The Balaban J connectivity index is 2.03. The van der Waals surface area contributed by atoms with E-state index in [1.807, 2.05) is 0 Å². The summed E-state index contributed by atoms with van der Waals surface area (Å²) in [6.07, 6.45) is 1.55. The zero-order valence-corrected chi connectivity index (χ0v) is 11.1. The lowest BCUT2D eigenvalue weighted by Gasteiger charge is -2.04. The SMILES string of the molecule is O=C(Nc1ccc(C#CCCO)cc1)c1ccc(=O)oc1. The van der Waals surface area contributed by atoms with Crippen molar-refractivity contribution in [2.45, 2.75) is 6.42 Å². The Morgan fingerprint density at radius 2 is 1.95 bits per heavy atom. The molecule has 0 aliphatic carbocycles. The maximum absolute atomic E-state index is 11.9. The van der Waals surface area contributed by atoms with Crippen molar-refractivity contribution in [2.75, 3.05) is 11.9 Å². The third-order valence-corrected chi connectivity index (χ3v) is 2.58. The van der Waals surface area contributed by atoms with Gasteiger partial charge in [-0.1, -0.05) is 11.8 Å². The zero-order chi connectivity index (χ0) is 15.1. The first-order chi connectivity index (χ1) is 10.2. The molecular weight excluding hydrogens is 270 g/mol. The van der Waals surface area contributed by atoms with Crippen molar-refractivity contribution in [3.8, 4) is 11.8 Å². The number of hydrogen-bond acceptors (Lipinski definition) is 4. The van der Waals surface area contributed by atoms with Gasteiger partial charge in [0.25, 0.3) is 5.91 Å². The predicted molar refractivity (Wildman–Crippen MR) is 78.0 cm³/mol. The second kappa shape index (κ2) is 7.08. The van der Waals surface area contributed by atoms with Gasteiger partial charge in [0.2, 0.25) is 0 Å². The lowest BCUT2D eigenvalue weighted by atomic mass is 10.2. The van der Waals surface area contributed by atoms with Gasteiger partial charge in [-0.05, 0) is 30.3 Å². The maximum atomic E-state index is 11.9. The Hall–Kier alpha value is -2.84. The molecule has 0 bridgehead atoms. The lowest BCUT2D eigenvalue weighted by molar-refractivity contribution is 0.102. The summed E-state index contributed by atoms with van der Waals surface area (Å²) in [5.41, 5.74) is 1.17. The summed E-state index contributed by atoms with van der Waals surface area (Å²) in [6.45, 7) is 0.0361. The van der Waals surface area contributed by atoms with Crippen molar-refractivity contribution in [3.05, 3.63) is 64.2 Å². The highest BCUT2D eigenvalue weighted by atomic mass is 16.4. The van der Waals surface area contributed by atoms with E-state index in [0.717, 1.165) is 11.8 Å². The minimum absolute atomic E-state index is 0.0361. The van der Waals surface area contributed by atoms with Gasteiger partial charge in [-0.3, -0.25) is 4.79 Å². The maximum Gasteiger partial charge on any atom is 0.335 e. The molecule has 1 heterocycles. The molecule has 5 nitrogen and oxygen atoms in total. The van der Waals surface area contributed by atoms with Gasteiger partial charge in [0.05, 0.1) is 12.2 Å². The van der Waals surface area contributed by atoms with E-state index >= 15 is 0 Å². The van der Waals surface area contributed by atoms with Crippen LogP contribution in [0, 0.1) is 11.8 Å². The van der Waals surface area contributed by atoms with Gasteiger partial charge in [0.1, 0.15) is 6.26 Å². The molecule has 0 fully saturated rings. The molecule has 1 aromatic heterocycles. The van der Waals surface area contributed by atoms with Gasteiger partial charge >= 0.3 is 5.63 Å². The average molecular weight is 283 g/mol. The van der Waals surface area contributed by atoms with Crippen molar-refractivity contribution in [1.29, 1.82) is 0 Å². The Kier molecular flexibility index (Phi) is 4.91. The number of nitrogens with one attached hydrogen (secondary N) is 1. The second-order valence-corrected chi connectivity index (χ2v) is 4.15. The van der Waals surface area contributed by atoms with Crippen LogP contribution in [-0.2, 0) is 0 Å². The van der Waals surface area contributed by atoms with Crippen molar-refractivity contribution in [3.63, 3.8) is 0 Å². The largest absolute Gasteiger partial charge is 0.430 e. The van der Waals surface area contributed by atoms with Crippen LogP contribution < -0.4 is 10.9 Å². The summed E-state index contributed by atoms with van der Waals surface area (Å²) in [7, 11) is 0. The molecule has 0 saturated heterocycles. The van der Waals surface area contributed by atoms with Gasteiger partial charge in [0.15, 0.2) is 0 Å². The number of aliphatic hydroxyl groups is 1. The minimum Gasteiger partial charge on any atom is -0.430 e. The summed E-state index contributed by atoms with van der Waals surface area (Å²) in [4.78, 5) is 22.7. The first-order valence-electron chi connectivity index (χ1n) is 6.29. The highest BCUT2D eigenvalue weighted by Gasteiger charge is 2.06. The van der Waals surface area contributed by atoms with E-state index in [4.69, 9.17) is 5.11 Å². The molecule has 5 heteroatoms. The molecule has 1 aromatic carbocycles. The molecule has 1 amide bonds. The van der Waals surface area contributed by atoms with Gasteiger partial charge in [-0.2, -0.15) is 0 Å². The Bertz CT molecular complexity index is 715. The molecule has 2 rings (SSSR count). The molecule has 0 aliphatic rings. The van der Waals surface area contributed by atoms with Gasteiger partial charge < -0.3 is 14.8 Å². The third kappa shape index (κ3) is 4.34. The monoisotopic (exact) mass is 283 g/mol. The van der Waals surface area contributed by atoms with Gasteiger partial charge in [-0.25, -0.2) is 4.79 Å².